The van der Waals surface area contributed by atoms with Gasteiger partial charge in [-0.05, 0) is 76.3 Å². The summed E-state index contributed by atoms with van der Waals surface area (Å²) in [7, 11) is 0. The first kappa shape index (κ1) is 50.6. The van der Waals surface area contributed by atoms with Gasteiger partial charge in [-0.25, -0.2) is 28.9 Å². The SMILES string of the molecule is N#Cc1nc2ccccc2n1Cc1ccccc1.O=c1oc2cc(O)ccc2n1Cc1ccccc1.O=c1oc2ccc(F)cc2n1Cc1ccccc1CO.c1ccc(Cn2c(-c3cscn3)nc3ccccc32)cc1. The number of halogens is 1. The van der Waals surface area contributed by atoms with Crippen LogP contribution in [0, 0.1) is 17.1 Å². The summed E-state index contributed by atoms with van der Waals surface area (Å²) in [4.78, 5) is 37.1. The third kappa shape index (κ3) is 11.7. The molecule has 14 nitrogen and oxygen atoms in total. The second kappa shape index (κ2) is 23.5. The first-order chi connectivity index (χ1) is 37.7. The van der Waals surface area contributed by atoms with E-state index < -0.39 is 17.3 Å². The molecule has 0 fully saturated rings. The number of thiazole rings is 1. The number of nitrogens with zero attached hydrogens (tertiary/aromatic N) is 8. The molecule has 8 aromatic carbocycles. The van der Waals surface area contributed by atoms with Crippen LogP contribution in [-0.2, 0) is 32.8 Å². The number of rotatable bonds is 10. The smallest absolute Gasteiger partial charge is 0.420 e. The van der Waals surface area contributed by atoms with Crippen LogP contribution in [-0.4, -0.2) is 43.4 Å². The van der Waals surface area contributed by atoms with Gasteiger partial charge in [-0.2, -0.15) is 5.26 Å². The van der Waals surface area contributed by atoms with E-state index in [1.807, 2.05) is 125 Å². The Balaban J connectivity index is 0.000000117. The van der Waals surface area contributed by atoms with Crippen LogP contribution >= 0.6 is 11.3 Å². The van der Waals surface area contributed by atoms with E-state index in [0.717, 1.165) is 62.4 Å². The van der Waals surface area contributed by atoms with E-state index in [2.05, 4.69) is 69.1 Å². The summed E-state index contributed by atoms with van der Waals surface area (Å²) < 4.78 is 30.6. The topological polar surface area (TPSA) is 183 Å². The van der Waals surface area contributed by atoms with Crippen LogP contribution in [0.5, 0.6) is 5.75 Å². The Morgan fingerprint density at radius 3 is 1.68 bits per heavy atom. The van der Waals surface area contributed by atoms with Crippen molar-refractivity contribution >= 4 is 55.6 Å². The average molecular weight is 1040 g/mol. The molecule has 0 aliphatic rings. The minimum atomic E-state index is -0.543. The van der Waals surface area contributed by atoms with Crippen LogP contribution in [0.15, 0.2) is 230 Å². The van der Waals surface area contributed by atoms with Crippen molar-refractivity contribution in [2.24, 2.45) is 0 Å². The van der Waals surface area contributed by atoms with E-state index in [9.17, 15) is 24.2 Å². The van der Waals surface area contributed by atoms with E-state index in [4.69, 9.17) is 19.1 Å². The molecule has 77 heavy (non-hydrogen) atoms. The summed E-state index contributed by atoms with van der Waals surface area (Å²) in [5.74, 6) is 0.0877. The van der Waals surface area contributed by atoms with Crippen LogP contribution in [0.2, 0.25) is 0 Å². The Morgan fingerprint density at radius 2 is 1.06 bits per heavy atom. The quantitative estimate of drug-likeness (QED) is 0.134. The molecular formula is C61H47FN8O6S. The molecule has 0 unspecified atom stereocenters. The highest BCUT2D eigenvalue weighted by molar-refractivity contribution is 7.07. The maximum absolute atomic E-state index is 13.3. The van der Waals surface area contributed by atoms with Gasteiger partial charge in [0.2, 0.25) is 5.82 Å². The number of hydrogen-bond donors (Lipinski definition) is 2. The Bertz CT molecular complexity index is 4250. The van der Waals surface area contributed by atoms with Gasteiger partial charge in [0.25, 0.3) is 0 Å². The molecule has 0 aliphatic carbocycles. The summed E-state index contributed by atoms with van der Waals surface area (Å²) in [6.45, 7) is 2.04. The van der Waals surface area contributed by atoms with Crippen molar-refractivity contribution in [1.82, 2.24) is 33.2 Å². The molecule has 0 radical (unpaired) electrons. The van der Waals surface area contributed by atoms with Crippen molar-refractivity contribution in [2.75, 3.05) is 0 Å². The predicted molar refractivity (Wildman–Crippen MR) is 296 cm³/mol. The van der Waals surface area contributed by atoms with Gasteiger partial charge in [0.15, 0.2) is 17.0 Å². The maximum Gasteiger partial charge on any atom is 0.420 e. The summed E-state index contributed by atoms with van der Waals surface area (Å²) >= 11 is 1.59. The van der Waals surface area contributed by atoms with Crippen molar-refractivity contribution in [3.05, 3.63) is 272 Å². The van der Waals surface area contributed by atoms with Gasteiger partial charge >= 0.3 is 11.5 Å². The monoisotopic (exact) mass is 1040 g/mol. The third-order valence-corrected chi connectivity index (χ3v) is 13.1. The number of para-hydroxylation sites is 4. The number of aliphatic hydroxyl groups is 1. The average Bonchev–Trinajstić information content (AvgIpc) is 4.34. The molecule has 380 valence electrons. The van der Waals surface area contributed by atoms with Crippen LogP contribution in [0.25, 0.3) is 55.8 Å². The van der Waals surface area contributed by atoms with E-state index in [0.29, 0.717) is 41.1 Å². The number of aromatic nitrogens is 7. The fraction of sp³-hybridized carbons (Fsp3) is 0.0820. The molecule has 5 heterocycles. The zero-order valence-electron chi connectivity index (χ0n) is 41.1. The molecule has 0 saturated heterocycles. The van der Waals surface area contributed by atoms with Crippen molar-refractivity contribution < 1.29 is 23.4 Å². The van der Waals surface area contributed by atoms with Crippen LogP contribution in [0.4, 0.5) is 4.39 Å². The summed E-state index contributed by atoms with van der Waals surface area (Å²) in [5, 5.41) is 29.9. The lowest BCUT2D eigenvalue weighted by atomic mass is 10.1. The summed E-state index contributed by atoms with van der Waals surface area (Å²) in [6, 6.07) is 64.3. The number of nitriles is 1. The number of aromatic hydroxyl groups is 1. The van der Waals surface area contributed by atoms with Crippen LogP contribution < -0.4 is 11.5 Å². The second-order valence-corrected chi connectivity index (χ2v) is 18.3. The number of oxazole rings is 2. The lowest BCUT2D eigenvalue weighted by molar-refractivity contribution is 0.280. The van der Waals surface area contributed by atoms with Crippen molar-refractivity contribution in [2.45, 2.75) is 32.8 Å². The van der Waals surface area contributed by atoms with Crippen LogP contribution in [0.1, 0.15) is 33.6 Å². The zero-order valence-corrected chi connectivity index (χ0v) is 42.0. The van der Waals surface area contributed by atoms with Gasteiger partial charge in [0.05, 0.1) is 64.9 Å². The molecule has 0 spiro atoms. The van der Waals surface area contributed by atoms with E-state index in [1.54, 1.807) is 34.1 Å². The highest BCUT2D eigenvalue weighted by Gasteiger charge is 2.16. The molecule has 0 bridgehead atoms. The second-order valence-electron chi connectivity index (χ2n) is 17.6. The zero-order chi connectivity index (χ0) is 53.1. The van der Waals surface area contributed by atoms with Gasteiger partial charge < -0.3 is 28.2 Å². The van der Waals surface area contributed by atoms with E-state index in [1.165, 1.54) is 34.4 Å². The lowest BCUT2D eigenvalue weighted by Crippen LogP contribution is -2.15. The van der Waals surface area contributed by atoms with Crippen molar-refractivity contribution in [3.63, 3.8) is 0 Å². The molecule has 0 aliphatic heterocycles. The summed E-state index contributed by atoms with van der Waals surface area (Å²) in [5.41, 5.74) is 13.6. The Hall–Kier alpha value is -9.95. The first-order valence-electron chi connectivity index (χ1n) is 24.3. The van der Waals surface area contributed by atoms with Gasteiger partial charge in [0, 0.05) is 24.1 Å². The number of aliphatic hydroxyl groups excluding tert-OH is 1. The largest absolute Gasteiger partial charge is 0.508 e. The highest BCUT2D eigenvalue weighted by atomic mass is 32.1. The molecular weight excluding hydrogens is 992 g/mol. The van der Waals surface area contributed by atoms with E-state index >= 15 is 0 Å². The number of imidazole rings is 2. The molecule has 0 saturated carbocycles. The molecule has 0 amide bonds. The van der Waals surface area contributed by atoms with Crippen LogP contribution in [0.3, 0.4) is 0 Å². The summed E-state index contributed by atoms with van der Waals surface area (Å²) in [6.07, 6.45) is 0. The minimum absolute atomic E-state index is 0.0862. The fourth-order valence-corrected chi connectivity index (χ4v) is 9.33. The number of benzene rings is 8. The molecule has 13 rings (SSSR count). The van der Waals surface area contributed by atoms with Crippen molar-refractivity contribution in [3.8, 4) is 23.3 Å². The first-order valence-corrected chi connectivity index (χ1v) is 25.3. The van der Waals surface area contributed by atoms with E-state index in [-0.39, 0.29) is 18.9 Å². The fourth-order valence-electron chi connectivity index (χ4n) is 8.80. The number of fused-ring (bicyclic) bond motifs is 4. The van der Waals surface area contributed by atoms with Gasteiger partial charge in [-0.15, -0.1) is 11.3 Å². The molecule has 2 N–H and O–H groups in total. The number of phenolic OH excluding ortho intramolecular Hbond substituents is 1. The number of phenols is 1. The highest BCUT2D eigenvalue weighted by Crippen LogP contribution is 2.26. The standard InChI is InChI=1S/C17H13N3S.C15H12FNO3.C15H11N3.C14H11NO3/c1-2-6-13(7-3-1)10-20-16-9-5-4-8-14(16)19-17(20)15-11-21-12-18-15;16-12-5-6-14-13(7-12)17(15(19)20-14)8-10-3-1-2-4-11(10)9-18;16-10-15-17-13-8-4-5-9-14(13)18(15)11-12-6-2-1-3-7-12;16-11-6-7-12-13(8-11)18-14(17)15(12)9-10-4-2-1-3-5-10/h1-9,11-12H,10H2;1-7,18H,8-9H2;1-9H,11H2;1-8,16H,9H2. The molecule has 13 aromatic rings. The Morgan fingerprint density at radius 1 is 0.532 bits per heavy atom. The third-order valence-electron chi connectivity index (χ3n) is 12.5. The predicted octanol–water partition coefficient (Wildman–Crippen LogP) is 11.8. The Labute approximate surface area is 443 Å². The molecule has 16 heteroatoms. The number of hydrogen-bond acceptors (Lipinski definition) is 11. The van der Waals surface area contributed by atoms with Crippen molar-refractivity contribution in [1.29, 1.82) is 5.26 Å². The molecule has 5 aromatic heterocycles. The maximum atomic E-state index is 13.3. The molecule has 0 atom stereocenters. The van der Waals surface area contributed by atoms with Gasteiger partial charge in [-0.3, -0.25) is 9.13 Å². The van der Waals surface area contributed by atoms with Gasteiger partial charge in [-0.1, -0.05) is 140 Å². The lowest BCUT2D eigenvalue weighted by Gasteiger charge is -2.08. The normalized spacial score (nSPS) is 10.9. The van der Waals surface area contributed by atoms with Gasteiger partial charge in [0.1, 0.15) is 23.3 Å². The Kier molecular flexibility index (Phi) is 15.4. The minimum Gasteiger partial charge on any atom is -0.508 e.